The second-order valence-corrected chi connectivity index (χ2v) is 6.61. The van der Waals surface area contributed by atoms with E-state index in [-0.39, 0.29) is 16.9 Å². The highest BCUT2D eigenvalue weighted by Gasteiger charge is 2.23. The lowest BCUT2D eigenvalue weighted by Gasteiger charge is -2.16. The first-order valence-corrected chi connectivity index (χ1v) is 8.89. The Bertz CT molecular complexity index is 1080. The molecule has 0 fully saturated rings. The molecule has 0 saturated heterocycles. The number of esters is 1. The summed E-state index contributed by atoms with van der Waals surface area (Å²) in [6.45, 7) is 3.31. The first-order valence-electron chi connectivity index (χ1n) is 8.51. The Balaban J connectivity index is 2.25. The van der Waals surface area contributed by atoms with Crippen LogP contribution >= 0.6 is 11.6 Å². The van der Waals surface area contributed by atoms with Gasteiger partial charge in [-0.25, -0.2) is 4.79 Å². The van der Waals surface area contributed by atoms with Crippen LogP contribution in [-0.2, 0) is 9.53 Å². The Hall–Kier alpha value is -2.99. The second kappa shape index (κ2) is 7.94. The molecule has 6 nitrogen and oxygen atoms in total. The number of halogens is 1. The van der Waals surface area contributed by atoms with Crippen molar-refractivity contribution in [3.8, 4) is 22.8 Å². The largest absolute Gasteiger partial charge is 0.497 e. The van der Waals surface area contributed by atoms with Crippen molar-refractivity contribution in [2.24, 2.45) is 0 Å². The lowest BCUT2D eigenvalue weighted by molar-refractivity contribution is -0.147. The number of carbonyl (C=O) groups is 1. The number of fused-ring (bicyclic) bond motifs is 1. The number of hydrogen-bond donors (Lipinski definition) is 0. The van der Waals surface area contributed by atoms with E-state index in [1.54, 1.807) is 37.4 Å². The summed E-state index contributed by atoms with van der Waals surface area (Å²) in [6.07, 6.45) is -0.997. The number of hydrogen-bond acceptors (Lipinski definition) is 6. The molecule has 0 aliphatic carbocycles. The Morgan fingerprint density at radius 2 is 1.82 bits per heavy atom. The molecule has 28 heavy (non-hydrogen) atoms. The van der Waals surface area contributed by atoms with Crippen LogP contribution in [0.15, 0.2) is 45.6 Å². The van der Waals surface area contributed by atoms with Crippen LogP contribution in [-0.4, -0.2) is 26.3 Å². The number of benzene rings is 2. The van der Waals surface area contributed by atoms with Crippen LogP contribution in [0.1, 0.15) is 12.5 Å². The molecule has 7 heteroatoms. The maximum absolute atomic E-state index is 13.1. The number of rotatable bonds is 5. The monoisotopic (exact) mass is 402 g/mol. The van der Waals surface area contributed by atoms with Crippen LogP contribution in [0.25, 0.3) is 22.3 Å². The first-order chi connectivity index (χ1) is 13.3. The lowest BCUT2D eigenvalue weighted by Crippen LogP contribution is -2.27. The molecule has 0 aliphatic heterocycles. The summed E-state index contributed by atoms with van der Waals surface area (Å²) in [5.41, 5.74) is 1.31. The summed E-state index contributed by atoms with van der Waals surface area (Å²) in [4.78, 5) is 24.9. The van der Waals surface area contributed by atoms with E-state index >= 15 is 0 Å². The van der Waals surface area contributed by atoms with E-state index < -0.39 is 17.5 Å². The van der Waals surface area contributed by atoms with E-state index in [1.807, 2.05) is 6.92 Å². The smallest absolute Gasteiger partial charge is 0.346 e. The average molecular weight is 403 g/mol. The second-order valence-electron chi connectivity index (χ2n) is 6.20. The number of carbonyl (C=O) groups excluding carboxylic acids is 1. The third-order valence-corrected chi connectivity index (χ3v) is 4.72. The minimum Gasteiger partial charge on any atom is -0.497 e. The fourth-order valence-corrected chi connectivity index (χ4v) is 2.89. The zero-order chi connectivity index (χ0) is 20.4. The van der Waals surface area contributed by atoms with Crippen LogP contribution in [0, 0.1) is 6.92 Å². The van der Waals surface area contributed by atoms with Gasteiger partial charge in [0, 0.05) is 10.6 Å². The molecule has 1 heterocycles. The molecule has 0 spiro atoms. The van der Waals surface area contributed by atoms with Crippen molar-refractivity contribution in [2.45, 2.75) is 20.0 Å². The van der Waals surface area contributed by atoms with Crippen LogP contribution in [0.4, 0.5) is 0 Å². The summed E-state index contributed by atoms with van der Waals surface area (Å²) in [7, 11) is 2.81. The van der Waals surface area contributed by atoms with Crippen LogP contribution in [0.5, 0.6) is 11.5 Å². The summed E-state index contributed by atoms with van der Waals surface area (Å²) in [6, 6.07) is 10.2. The molecule has 0 bridgehead atoms. The summed E-state index contributed by atoms with van der Waals surface area (Å²) in [5, 5.41) is 0.698. The Morgan fingerprint density at radius 1 is 1.14 bits per heavy atom. The number of methoxy groups -OCH3 is 2. The Kier molecular flexibility index (Phi) is 5.61. The lowest BCUT2D eigenvalue weighted by atomic mass is 10.1. The SMILES string of the molecule is COC(=O)[C@H](C)Oc1c(-c2ccc(OC)cc2)oc2cc(C)c(Cl)cc2c1=O. The highest BCUT2D eigenvalue weighted by atomic mass is 35.5. The predicted molar refractivity (Wildman–Crippen MR) is 106 cm³/mol. The van der Waals surface area contributed by atoms with E-state index in [4.69, 9.17) is 25.5 Å². The van der Waals surface area contributed by atoms with Crippen molar-refractivity contribution >= 4 is 28.5 Å². The van der Waals surface area contributed by atoms with Crippen molar-refractivity contribution in [3.05, 3.63) is 57.2 Å². The molecule has 146 valence electrons. The first kappa shape index (κ1) is 19.8. The molecule has 3 aromatic rings. The van der Waals surface area contributed by atoms with Gasteiger partial charge in [-0.05, 0) is 55.8 Å². The van der Waals surface area contributed by atoms with Gasteiger partial charge in [-0.3, -0.25) is 4.79 Å². The van der Waals surface area contributed by atoms with E-state index in [0.717, 1.165) is 5.56 Å². The van der Waals surface area contributed by atoms with Gasteiger partial charge in [-0.15, -0.1) is 0 Å². The summed E-state index contributed by atoms with van der Waals surface area (Å²) >= 11 is 6.17. The van der Waals surface area contributed by atoms with Gasteiger partial charge in [0.25, 0.3) is 0 Å². The van der Waals surface area contributed by atoms with E-state index in [2.05, 4.69) is 4.74 Å². The van der Waals surface area contributed by atoms with Gasteiger partial charge >= 0.3 is 5.97 Å². The molecule has 1 aromatic heterocycles. The van der Waals surface area contributed by atoms with Gasteiger partial charge in [0.2, 0.25) is 11.2 Å². The molecule has 0 amide bonds. The molecule has 0 radical (unpaired) electrons. The average Bonchev–Trinajstić information content (AvgIpc) is 2.70. The Morgan fingerprint density at radius 3 is 2.43 bits per heavy atom. The van der Waals surface area contributed by atoms with Gasteiger partial charge in [0.1, 0.15) is 11.3 Å². The minimum atomic E-state index is -0.997. The zero-order valence-corrected chi connectivity index (χ0v) is 16.6. The van der Waals surface area contributed by atoms with Gasteiger partial charge in [0.15, 0.2) is 11.9 Å². The maximum atomic E-state index is 13.1. The molecule has 0 saturated carbocycles. The number of aryl methyl sites for hydroxylation is 1. The summed E-state index contributed by atoms with van der Waals surface area (Å²) < 4.78 is 21.5. The van der Waals surface area contributed by atoms with Crippen molar-refractivity contribution in [3.63, 3.8) is 0 Å². The molecular formula is C21H19ClO6. The molecule has 0 aliphatic rings. The molecule has 0 unspecified atom stereocenters. The van der Waals surface area contributed by atoms with E-state index in [9.17, 15) is 9.59 Å². The Labute approximate surface area is 166 Å². The quantitative estimate of drug-likeness (QED) is 0.590. The molecule has 3 rings (SSSR count). The van der Waals surface area contributed by atoms with Gasteiger partial charge in [0.05, 0.1) is 19.6 Å². The molecular weight excluding hydrogens is 384 g/mol. The fraction of sp³-hybridized carbons (Fsp3) is 0.238. The van der Waals surface area contributed by atoms with Crippen LogP contribution < -0.4 is 14.9 Å². The van der Waals surface area contributed by atoms with Crippen LogP contribution in [0.2, 0.25) is 5.02 Å². The molecule has 1 atom stereocenters. The fourth-order valence-electron chi connectivity index (χ4n) is 2.73. The number of ether oxygens (including phenoxy) is 3. The standard InChI is InChI=1S/C21H19ClO6/c1-11-9-17-15(10-16(11)22)18(23)20(27-12(2)21(24)26-4)19(28-17)13-5-7-14(25-3)8-6-13/h5-10,12H,1-4H3/t12-/m0/s1. The highest BCUT2D eigenvalue weighted by molar-refractivity contribution is 6.32. The van der Waals surface area contributed by atoms with Crippen LogP contribution in [0.3, 0.4) is 0 Å². The third kappa shape index (κ3) is 3.68. The van der Waals surface area contributed by atoms with E-state index in [1.165, 1.54) is 20.1 Å². The van der Waals surface area contributed by atoms with Gasteiger partial charge in [-0.2, -0.15) is 0 Å². The maximum Gasteiger partial charge on any atom is 0.346 e. The van der Waals surface area contributed by atoms with Gasteiger partial charge < -0.3 is 18.6 Å². The van der Waals surface area contributed by atoms with Crippen molar-refractivity contribution in [1.29, 1.82) is 0 Å². The molecule has 2 aromatic carbocycles. The third-order valence-electron chi connectivity index (χ3n) is 4.31. The van der Waals surface area contributed by atoms with Crippen molar-refractivity contribution in [2.75, 3.05) is 14.2 Å². The van der Waals surface area contributed by atoms with Crippen molar-refractivity contribution < 1.29 is 23.4 Å². The van der Waals surface area contributed by atoms with Crippen molar-refractivity contribution in [1.82, 2.24) is 0 Å². The molecule has 0 N–H and O–H groups in total. The summed E-state index contributed by atoms with van der Waals surface area (Å²) in [5.74, 6) is 0.162. The topological polar surface area (TPSA) is 75.0 Å². The minimum absolute atomic E-state index is 0.0875. The highest BCUT2D eigenvalue weighted by Crippen LogP contribution is 2.34. The normalized spacial score (nSPS) is 11.9. The predicted octanol–water partition coefficient (Wildman–Crippen LogP) is 4.37. The van der Waals surface area contributed by atoms with Gasteiger partial charge in [-0.1, -0.05) is 11.6 Å². The van der Waals surface area contributed by atoms with E-state index in [0.29, 0.717) is 21.9 Å². The zero-order valence-electron chi connectivity index (χ0n) is 15.9.